The molecule has 1 fully saturated rings. The first-order chi connectivity index (χ1) is 19.0. The van der Waals surface area contributed by atoms with Crippen molar-refractivity contribution in [2.45, 2.75) is 76.6 Å². The van der Waals surface area contributed by atoms with E-state index in [0.717, 1.165) is 31.4 Å². The number of unbranched alkanes of at least 4 members (excludes halogenated alkanes) is 1. The van der Waals surface area contributed by atoms with Crippen LogP contribution in [0, 0.1) is 17.6 Å². The van der Waals surface area contributed by atoms with E-state index in [-0.39, 0.29) is 31.0 Å². The number of carbonyl (C=O) groups excluding carboxylic acids is 5. The fraction of sp³-hybridized carbons (Fsp3) is 0.593. The van der Waals surface area contributed by atoms with E-state index in [0.29, 0.717) is 11.7 Å². The molecule has 13 heteroatoms. The first-order valence-electron chi connectivity index (χ1n) is 13.4. The first-order valence-corrected chi connectivity index (χ1v) is 15.8. The quantitative estimate of drug-likeness (QED) is 0.130. The third-order valence-corrected chi connectivity index (χ3v) is 9.24. The summed E-state index contributed by atoms with van der Waals surface area (Å²) in [5.74, 6) is -4.93. The van der Waals surface area contributed by atoms with Crippen LogP contribution in [-0.4, -0.2) is 65.6 Å². The lowest BCUT2D eigenvalue weighted by Crippen LogP contribution is -2.57. The van der Waals surface area contributed by atoms with Crippen molar-refractivity contribution in [3.63, 3.8) is 0 Å². The Morgan fingerprint density at radius 3 is 2.38 bits per heavy atom. The zero-order valence-corrected chi connectivity index (χ0v) is 24.7. The zero-order chi connectivity index (χ0) is 29.7. The van der Waals surface area contributed by atoms with Gasteiger partial charge in [0.2, 0.25) is 23.5 Å². The number of likely N-dealkylation sites (N-methyl/N-ethyl adjacent to an activating group) is 1. The van der Waals surface area contributed by atoms with E-state index in [1.165, 1.54) is 18.2 Å². The zero-order valence-electron chi connectivity index (χ0n) is 23.0. The van der Waals surface area contributed by atoms with Crippen LogP contribution in [0.4, 0.5) is 8.78 Å². The molecular formula is C27H38F2N4O5S2. The molecule has 1 saturated heterocycles. The second kappa shape index (κ2) is 17.2. The molecule has 3 atom stereocenters. The fourth-order valence-electron chi connectivity index (χ4n) is 4.03. The summed E-state index contributed by atoms with van der Waals surface area (Å²) in [6, 6.07) is 0.555. The van der Waals surface area contributed by atoms with Gasteiger partial charge >= 0.3 is 0 Å². The van der Waals surface area contributed by atoms with Gasteiger partial charge in [-0.2, -0.15) is 0 Å². The summed E-state index contributed by atoms with van der Waals surface area (Å²) in [6.07, 6.45) is 3.96. The first kappa shape index (κ1) is 33.5. The van der Waals surface area contributed by atoms with Crippen LogP contribution in [0.5, 0.6) is 0 Å². The Kier molecular flexibility index (Phi) is 14.4. The van der Waals surface area contributed by atoms with E-state index < -0.39 is 53.1 Å². The molecule has 2 rings (SSSR count). The van der Waals surface area contributed by atoms with Crippen LogP contribution in [-0.2, 0) is 30.4 Å². The SMILES string of the molecule is CCNC(=O)C(=O)[C@H](Cc1ccc(F)c(F)c1)NC(=O)[C@@H](NC(=O)CNC(=O)CCCCC1CCSS1)C(C)C. The molecule has 1 aliphatic heterocycles. The van der Waals surface area contributed by atoms with Gasteiger partial charge in [-0.05, 0) is 49.8 Å². The van der Waals surface area contributed by atoms with E-state index in [1.54, 1.807) is 20.8 Å². The van der Waals surface area contributed by atoms with Crippen LogP contribution in [0.2, 0.25) is 0 Å². The van der Waals surface area contributed by atoms with Gasteiger partial charge in [0.05, 0.1) is 6.54 Å². The maximum absolute atomic E-state index is 13.7. The van der Waals surface area contributed by atoms with Gasteiger partial charge in [-0.3, -0.25) is 24.0 Å². The molecule has 1 heterocycles. The van der Waals surface area contributed by atoms with Gasteiger partial charge in [-0.25, -0.2) is 8.78 Å². The van der Waals surface area contributed by atoms with E-state index in [4.69, 9.17) is 0 Å². The van der Waals surface area contributed by atoms with Crippen molar-refractivity contribution in [3.05, 3.63) is 35.4 Å². The van der Waals surface area contributed by atoms with Crippen molar-refractivity contribution in [1.82, 2.24) is 21.3 Å². The third kappa shape index (κ3) is 11.4. The minimum atomic E-state index is -1.39. The molecule has 0 bridgehead atoms. The van der Waals surface area contributed by atoms with Gasteiger partial charge in [-0.15, -0.1) is 0 Å². The maximum atomic E-state index is 13.7. The highest BCUT2D eigenvalue weighted by Crippen LogP contribution is 2.39. The van der Waals surface area contributed by atoms with Gasteiger partial charge in [0.15, 0.2) is 11.6 Å². The topological polar surface area (TPSA) is 133 Å². The van der Waals surface area contributed by atoms with Gasteiger partial charge < -0.3 is 21.3 Å². The highest BCUT2D eigenvalue weighted by Gasteiger charge is 2.31. The van der Waals surface area contributed by atoms with E-state index in [2.05, 4.69) is 21.3 Å². The minimum absolute atomic E-state index is 0.172. The van der Waals surface area contributed by atoms with E-state index >= 15 is 0 Å². The molecule has 1 unspecified atom stereocenters. The number of ketones is 1. The lowest BCUT2D eigenvalue weighted by atomic mass is 9.99. The standard InChI is InChI=1S/C27H38F2N4O5S2/c1-4-30-27(38)25(36)21(14-17-9-10-19(28)20(29)13-17)32-26(37)24(16(2)3)33-23(35)15-31-22(34)8-6-5-7-18-11-12-39-40-18/h9-10,13,16,18,21,24H,4-8,11-12,14-15H2,1-3H3,(H,30,38)(H,31,34)(H,32,37)(H,33,35)/t18?,21-,24-/m0/s1. The van der Waals surface area contributed by atoms with Gasteiger partial charge in [0.1, 0.15) is 12.1 Å². The van der Waals surface area contributed by atoms with Crippen LogP contribution in [0.3, 0.4) is 0 Å². The number of amides is 4. The second-order valence-electron chi connectivity index (χ2n) is 9.88. The van der Waals surface area contributed by atoms with Crippen LogP contribution < -0.4 is 21.3 Å². The number of rotatable bonds is 16. The molecule has 0 aliphatic carbocycles. The predicted molar refractivity (Wildman–Crippen MR) is 152 cm³/mol. The Morgan fingerprint density at radius 2 is 1.75 bits per heavy atom. The largest absolute Gasteiger partial charge is 0.350 e. The summed E-state index contributed by atoms with van der Waals surface area (Å²) in [7, 11) is 3.78. The van der Waals surface area contributed by atoms with Crippen molar-refractivity contribution in [2.24, 2.45) is 5.92 Å². The lowest BCUT2D eigenvalue weighted by Gasteiger charge is -2.25. The summed E-state index contributed by atoms with van der Waals surface area (Å²) in [5, 5.41) is 10.6. The fourth-order valence-corrected chi connectivity index (χ4v) is 7.06. The Hall–Kier alpha value is -2.67. The highest BCUT2D eigenvalue weighted by molar-refractivity contribution is 8.77. The molecule has 0 saturated carbocycles. The highest BCUT2D eigenvalue weighted by atomic mass is 33.1. The summed E-state index contributed by atoms with van der Waals surface area (Å²) in [5.41, 5.74) is 0.190. The summed E-state index contributed by atoms with van der Waals surface area (Å²) >= 11 is 0. The Labute approximate surface area is 241 Å². The monoisotopic (exact) mass is 600 g/mol. The third-order valence-electron chi connectivity index (χ3n) is 6.24. The molecule has 4 N–H and O–H groups in total. The molecular weight excluding hydrogens is 562 g/mol. The smallest absolute Gasteiger partial charge is 0.289 e. The number of halogens is 2. The van der Waals surface area contributed by atoms with Crippen LogP contribution in [0.1, 0.15) is 58.4 Å². The number of Topliss-reactive ketones (excluding diaryl/α,β-unsaturated/α-hetero) is 1. The molecule has 4 amide bonds. The van der Waals surface area contributed by atoms with E-state index in [1.807, 2.05) is 21.6 Å². The number of benzene rings is 1. The summed E-state index contributed by atoms with van der Waals surface area (Å²) < 4.78 is 27.1. The molecule has 9 nitrogen and oxygen atoms in total. The Bertz CT molecular complexity index is 1050. The molecule has 40 heavy (non-hydrogen) atoms. The Morgan fingerprint density at radius 1 is 1.00 bits per heavy atom. The molecule has 0 radical (unpaired) electrons. The molecule has 0 aromatic heterocycles. The summed E-state index contributed by atoms with van der Waals surface area (Å²) in [6.45, 7) is 4.83. The van der Waals surface area contributed by atoms with Crippen LogP contribution in [0.15, 0.2) is 18.2 Å². The van der Waals surface area contributed by atoms with Crippen LogP contribution >= 0.6 is 21.6 Å². The normalized spacial score (nSPS) is 16.2. The van der Waals surface area contributed by atoms with Gasteiger partial charge in [0.25, 0.3) is 5.91 Å². The molecule has 1 aromatic rings. The van der Waals surface area contributed by atoms with Crippen molar-refractivity contribution in [1.29, 1.82) is 0 Å². The van der Waals surface area contributed by atoms with Gasteiger partial charge in [-0.1, -0.05) is 47.9 Å². The number of nitrogens with one attached hydrogen (secondary N) is 4. The van der Waals surface area contributed by atoms with Gasteiger partial charge in [0, 0.05) is 30.4 Å². The number of carbonyl (C=O) groups is 5. The number of hydrogen-bond acceptors (Lipinski definition) is 7. The molecule has 0 spiro atoms. The van der Waals surface area contributed by atoms with Crippen LogP contribution in [0.25, 0.3) is 0 Å². The van der Waals surface area contributed by atoms with Crippen molar-refractivity contribution in [3.8, 4) is 0 Å². The summed E-state index contributed by atoms with van der Waals surface area (Å²) in [4.78, 5) is 62.8. The van der Waals surface area contributed by atoms with Crippen molar-refractivity contribution >= 4 is 51.0 Å². The lowest BCUT2D eigenvalue weighted by molar-refractivity contribution is -0.140. The minimum Gasteiger partial charge on any atom is -0.350 e. The maximum Gasteiger partial charge on any atom is 0.289 e. The Balaban J connectivity index is 1.93. The number of hydrogen-bond donors (Lipinski definition) is 4. The average molecular weight is 601 g/mol. The van der Waals surface area contributed by atoms with Crippen molar-refractivity contribution in [2.75, 3.05) is 18.8 Å². The predicted octanol–water partition coefficient (Wildman–Crippen LogP) is 2.67. The molecule has 1 aromatic carbocycles. The molecule has 1 aliphatic rings. The van der Waals surface area contributed by atoms with E-state index in [9.17, 15) is 32.8 Å². The molecule has 222 valence electrons. The second-order valence-corrected chi connectivity index (χ2v) is 12.7. The average Bonchev–Trinajstić information content (AvgIpc) is 3.43. The van der Waals surface area contributed by atoms with Crippen molar-refractivity contribution < 1.29 is 32.8 Å².